The summed E-state index contributed by atoms with van der Waals surface area (Å²) in [5.41, 5.74) is 3.87. The first kappa shape index (κ1) is 14.0. The summed E-state index contributed by atoms with van der Waals surface area (Å²) >= 11 is 0. The van der Waals surface area contributed by atoms with E-state index in [1.165, 1.54) is 0 Å². The molecule has 0 spiro atoms. The Morgan fingerprint density at radius 3 is 2.64 bits per heavy atom. The van der Waals surface area contributed by atoms with E-state index in [4.69, 9.17) is 0 Å². The Bertz CT molecular complexity index is 809. The zero-order valence-electron chi connectivity index (χ0n) is 12.4. The number of rotatable bonds is 3. The number of carbonyl (C=O) groups is 1. The number of aryl methyl sites for hydroxylation is 1. The highest BCUT2D eigenvalue weighted by Gasteiger charge is 2.15. The second-order valence-corrected chi connectivity index (χ2v) is 5.03. The van der Waals surface area contributed by atoms with Gasteiger partial charge < -0.3 is 5.32 Å². The average Bonchev–Trinajstić information content (AvgIpc) is 2.90. The van der Waals surface area contributed by atoms with E-state index in [1.807, 2.05) is 50.2 Å². The number of aromatic nitrogens is 3. The third kappa shape index (κ3) is 2.74. The van der Waals surface area contributed by atoms with Gasteiger partial charge in [0, 0.05) is 17.6 Å². The molecular weight excluding hydrogens is 276 g/mol. The van der Waals surface area contributed by atoms with Crippen molar-refractivity contribution in [3.8, 4) is 5.69 Å². The molecule has 22 heavy (non-hydrogen) atoms. The molecule has 0 saturated carbocycles. The van der Waals surface area contributed by atoms with Crippen molar-refractivity contribution in [2.75, 3.05) is 5.32 Å². The zero-order valence-corrected chi connectivity index (χ0v) is 12.4. The van der Waals surface area contributed by atoms with E-state index in [0.717, 1.165) is 22.8 Å². The quantitative estimate of drug-likeness (QED) is 0.806. The number of para-hydroxylation sites is 1. The van der Waals surface area contributed by atoms with Crippen LogP contribution in [0.3, 0.4) is 0 Å². The number of hydrogen-bond acceptors (Lipinski definition) is 3. The maximum Gasteiger partial charge on any atom is 0.259 e. The largest absolute Gasteiger partial charge is 0.322 e. The molecule has 0 bridgehead atoms. The van der Waals surface area contributed by atoms with E-state index >= 15 is 0 Å². The van der Waals surface area contributed by atoms with Gasteiger partial charge in [-0.2, -0.15) is 5.10 Å². The average molecular weight is 292 g/mol. The lowest BCUT2D eigenvalue weighted by atomic mass is 10.2. The number of hydrogen-bond donors (Lipinski definition) is 1. The maximum atomic E-state index is 12.4. The van der Waals surface area contributed by atoms with Gasteiger partial charge in [0.15, 0.2) is 0 Å². The van der Waals surface area contributed by atoms with Crippen molar-refractivity contribution >= 4 is 11.6 Å². The summed E-state index contributed by atoms with van der Waals surface area (Å²) < 4.78 is 1.76. The van der Waals surface area contributed by atoms with Crippen LogP contribution < -0.4 is 5.32 Å². The van der Waals surface area contributed by atoms with Crippen LogP contribution >= 0.6 is 0 Å². The summed E-state index contributed by atoms with van der Waals surface area (Å²) in [7, 11) is 0. The third-order valence-electron chi connectivity index (χ3n) is 3.41. The Balaban J connectivity index is 1.87. The Morgan fingerprint density at radius 2 is 1.91 bits per heavy atom. The van der Waals surface area contributed by atoms with Crippen LogP contribution in [0.15, 0.2) is 54.9 Å². The topological polar surface area (TPSA) is 59.8 Å². The number of pyridine rings is 1. The smallest absolute Gasteiger partial charge is 0.259 e. The van der Waals surface area contributed by atoms with Crippen LogP contribution in [0.2, 0.25) is 0 Å². The molecule has 3 aromatic rings. The van der Waals surface area contributed by atoms with E-state index in [0.29, 0.717) is 5.56 Å². The van der Waals surface area contributed by atoms with Crippen LogP contribution in [0, 0.1) is 13.8 Å². The van der Waals surface area contributed by atoms with Crippen LogP contribution in [0.25, 0.3) is 5.69 Å². The number of benzene rings is 1. The molecule has 1 N–H and O–H groups in total. The van der Waals surface area contributed by atoms with Gasteiger partial charge in [0.2, 0.25) is 0 Å². The van der Waals surface area contributed by atoms with Crippen LogP contribution in [-0.4, -0.2) is 20.7 Å². The van der Waals surface area contributed by atoms with Crippen LogP contribution in [0.4, 0.5) is 5.69 Å². The van der Waals surface area contributed by atoms with Crippen molar-refractivity contribution in [2.45, 2.75) is 13.8 Å². The number of nitrogens with zero attached hydrogens (tertiary/aromatic N) is 3. The fraction of sp³-hybridized carbons (Fsp3) is 0.118. The predicted octanol–water partition coefficient (Wildman–Crippen LogP) is 3.14. The highest BCUT2D eigenvalue weighted by molar-refractivity contribution is 6.04. The minimum absolute atomic E-state index is 0.176. The third-order valence-corrected chi connectivity index (χ3v) is 3.41. The van der Waals surface area contributed by atoms with Gasteiger partial charge in [-0.25, -0.2) is 4.68 Å². The molecule has 3 rings (SSSR count). The van der Waals surface area contributed by atoms with Crippen molar-refractivity contribution in [1.29, 1.82) is 0 Å². The zero-order chi connectivity index (χ0) is 15.5. The molecular formula is C17H16N4O. The van der Waals surface area contributed by atoms with Gasteiger partial charge in [-0.1, -0.05) is 18.2 Å². The van der Waals surface area contributed by atoms with Crippen molar-refractivity contribution in [3.63, 3.8) is 0 Å². The normalized spacial score (nSPS) is 10.5. The number of carbonyl (C=O) groups excluding carboxylic acids is 1. The lowest BCUT2D eigenvalue weighted by Gasteiger charge is -2.07. The van der Waals surface area contributed by atoms with Crippen LogP contribution in [0.5, 0.6) is 0 Å². The lowest BCUT2D eigenvalue weighted by Crippen LogP contribution is -2.13. The summed E-state index contributed by atoms with van der Waals surface area (Å²) in [5, 5.41) is 7.18. The molecule has 5 heteroatoms. The van der Waals surface area contributed by atoms with E-state index < -0.39 is 0 Å². The molecule has 0 atom stereocenters. The van der Waals surface area contributed by atoms with E-state index in [2.05, 4.69) is 15.4 Å². The lowest BCUT2D eigenvalue weighted by molar-refractivity contribution is 0.102. The molecule has 1 amide bonds. The van der Waals surface area contributed by atoms with Crippen molar-refractivity contribution in [2.24, 2.45) is 0 Å². The van der Waals surface area contributed by atoms with Gasteiger partial charge in [-0.3, -0.25) is 9.78 Å². The molecule has 0 aliphatic heterocycles. The highest BCUT2D eigenvalue weighted by Crippen LogP contribution is 2.16. The van der Waals surface area contributed by atoms with Gasteiger partial charge in [0.1, 0.15) is 0 Å². The van der Waals surface area contributed by atoms with E-state index in [1.54, 1.807) is 23.1 Å². The second kappa shape index (κ2) is 5.81. The second-order valence-electron chi connectivity index (χ2n) is 5.03. The highest BCUT2D eigenvalue weighted by atomic mass is 16.1. The Labute approximate surface area is 128 Å². The summed E-state index contributed by atoms with van der Waals surface area (Å²) in [6.45, 7) is 3.76. The van der Waals surface area contributed by atoms with Gasteiger partial charge in [-0.05, 0) is 38.1 Å². The van der Waals surface area contributed by atoms with Crippen LogP contribution in [0.1, 0.15) is 21.7 Å². The molecule has 0 saturated heterocycles. The molecule has 2 aromatic heterocycles. The van der Waals surface area contributed by atoms with Gasteiger partial charge >= 0.3 is 0 Å². The van der Waals surface area contributed by atoms with Crippen LogP contribution in [-0.2, 0) is 0 Å². The standard InChI is InChI=1S/C17H16N4O/c1-12-10-14(8-9-18-12)20-17(22)16-11-19-21(13(16)2)15-6-4-3-5-7-15/h3-11H,1-2H3,(H,18,20,22). The SMILES string of the molecule is Cc1cc(NC(=O)c2cnn(-c3ccccc3)c2C)ccn1. The van der Waals surface area contributed by atoms with Crippen molar-refractivity contribution < 1.29 is 4.79 Å². The van der Waals surface area contributed by atoms with Gasteiger partial charge in [0.25, 0.3) is 5.91 Å². The molecule has 110 valence electrons. The first-order valence-electron chi connectivity index (χ1n) is 6.99. The predicted molar refractivity (Wildman–Crippen MR) is 85.2 cm³/mol. The first-order valence-corrected chi connectivity index (χ1v) is 6.99. The number of nitrogens with one attached hydrogen (secondary N) is 1. The Morgan fingerprint density at radius 1 is 1.14 bits per heavy atom. The minimum atomic E-state index is -0.176. The van der Waals surface area contributed by atoms with Gasteiger partial charge in [0.05, 0.1) is 23.1 Å². The van der Waals surface area contributed by atoms with E-state index in [-0.39, 0.29) is 5.91 Å². The molecule has 2 heterocycles. The summed E-state index contributed by atoms with van der Waals surface area (Å²) in [6, 6.07) is 13.3. The summed E-state index contributed by atoms with van der Waals surface area (Å²) in [4.78, 5) is 16.5. The first-order chi connectivity index (χ1) is 10.6. The van der Waals surface area contributed by atoms with Crippen molar-refractivity contribution in [3.05, 3.63) is 71.8 Å². The number of amides is 1. The molecule has 1 aromatic carbocycles. The van der Waals surface area contributed by atoms with Crippen molar-refractivity contribution in [1.82, 2.24) is 14.8 Å². The molecule has 0 radical (unpaired) electrons. The maximum absolute atomic E-state index is 12.4. The summed E-state index contributed by atoms with van der Waals surface area (Å²) in [5.74, 6) is -0.176. The van der Waals surface area contributed by atoms with Gasteiger partial charge in [-0.15, -0.1) is 0 Å². The number of anilines is 1. The monoisotopic (exact) mass is 292 g/mol. The molecule has 5 nitrogen and oxygen atoms in total. The molecule has 0 aliphatic carbocycles. The molecule has 0 unspecified atom stereocenters. The fourth-order valence-corrected chi connectivity index (χ4v) is 2.28. The Hall–Kier alpha value is -2.95. The fourth-order valence-electron chi connectivity index (χ4n) is 2.28. The Kier molecular flexibility index (Phi) is 3.70. The molecule has 0 fully saturated rings. The summed E-state index contributed by atoms with van der Waals surface area (Å²) in [6.07, 6.45) is 3.26. The molecule has 0 aliphatic rings. The minimum Gasteiger partial charge on any atom is -0.322 e. The van der Waals surface area contributed by atoms with E-state index in [9.17, 15) is 4.79 Å².